The Morgan fingerprint density at radius 2 is 1.81 bits per heavy atom. The fraction of sp³-hybridized carbons (Fsp3) is 0.947. The maximum Gasteiger partial charge on any atom is 0.193 e. The molecule has 2 heterocycles. The Balaban J connectivity index is 1.75. The zero-order chi connectivity index (χ0) is 19.0. The molecular formula is C19H38N4O2S. The van der Waals surface area contributed by atoms with Gasteiger partial charge in [-0.3, -0.25) is 4.99 Å². The van der Waals surface area contributed by atoms with E-state index in [1.165, 1.54) is 51.7 Å². The summed E-state index contributed by atoms with van der Waals surface area (Å²) in [5, 5.41) is 3.33. The van der Waals surface area contributed by atoms with E-state index in [0.717, 1.165) is 25.5 Å². The van der Waals surface area contributed by atoms with Crippen LogP contribution in [0.3, 0.4) is 0 Å². The van der Waals surface area contributed by atoms with Crippen molar-refractivity contribution in [3.05, 3.63) is 0 Å². The number of hydrogen-bond donors (Lipinski definition) is 1. The van der Waals surface area contributed by atoms with E-state index >= 15 is 0 Å². The monoisotopic (exact) mass is 386 g/mol. The number of hydrogen-bond acceptors (Lipinski definition) is 4. The summed E-state index contributed by atoms with van der Waals surface area (Å²) in [6.07, 6.45) is 7.67. The van der Waals surface area contributed by atoms with Crippen molar-refractivity contribution in [3.63, 3.8) is 0 Å². The highest BCUT2D eigenvalue weighted by atomic mass is 32.2. The van der Waals surface area contributed by atoms with Gasteiger partial charge in [0.25, 0.3) is 0 Å². The van der Waals surface area contributed by atoms with Crippen LogP contribution in [0.4, 0.5) is 0 Å². The van der Waals surface area contributed by atoms with E-state index in [1.807, 2.05) is 13.8 Å². The zero-order valence-corrected chi connectivity index (χ0v) is 17.8. The highest BCUT2D eigenvalue weighted by Gasteiger charge is 2.40. The van der Waals surface area contributed by atoms with Gasteiger partial charge in [-0.25, -0.2) is 8.42 Å². The van der Waals surface area contributed by atoms with Crippen molar-refractivity contribution in [3.8, 4) is 0 Å². The molecule has 2 aliphatic rings. The summed E-state index contributed by atoms with van der Waals surface area (Å²) in [4.78, 5) is 9.46. The van der Waals surface area contributed by atoms with Gasteiger partial charge in [-0.15, -0.1) is 0 Å². The molecule has 2 saturated heterocycles. The summed E-state index contributed by atoms with van der Waals surface area (Å²) in [7, 11) is -3.01. The largest absolute Gasteiger partial charge is 0.357 e. The maximum atomic E-state index is 12.2. The maximum absolute atomic E-state index is 12.2. The fourth-order valence-electron chi connectivity index (χ4n) is 3.74. The number of unbranched alkanes of at least 4 members (excludes halogenated alkanes) is 2. The van der Waals surface area contributed by atoms with Crippen LogP contribution in [0.2, 0.25) is 0 Å². The molecule has 1 N–H and O–H groups in total. The fourth-order valence-corrected chi connectivity index (χ4v) is 5.11. The van der Waals surface area contributed by atoms with Crippen LogP contribution < -0.4 is 5.32 Å². The van der Waals surface area contributed by atoms with Gasteiger partial charge in [0.05, 0.1) is 10.5 Å². The Morgan fingerprint density at radius 1 is 1.08 bits per heavy atom. The minimum atomic E-state index is -3.01. The topological polar surface area (TPSA) is 65.0 Å². The number of nitrogens with zero attached hydrogens (tertiary/aromatic N) is 3. The van der Waals surface area contributed by atoms with Crippen LogP contribution in [0.1, 0.15) is 59.3 Å². The smallest absolute Gasteiger partial charge is 0.193 e. The van der Waals surface area contributed by atoms with Gasteiger partial charge >= 0.3 is 0 Å². The Hall–Kier alpha value is -0.820. The van der Waals surface area contributed by atoms with E-state index in [-0.39, 0.29) is 5.75 Å². The van der Waals surface area contributed by atoms with Gasteiger partial charge in [-0.05, 0) is 66.1 Å². The molecule has 0 radical (unpaired) electrons. The molecule has 2 fully saturated rings. The molecule has 7 heteroatoms. The quantitative estimate of drug-likeness (QED) is 0.412. The zero-order valence-electron chi connectivity index (χ0n) is 17.0. The first-order valence-electron chi connectivity index (χ1n) is 10.3. The predicted molar refractivity (Wildman–Crippen MR) is 110 cm³/mol. The third-order valence-corrected chi connectivity index (χ3v) is 8.05. The Labute approximate surface area is 160 Å². The SMILES string of the molecule is CCNC(=NCCCCCN1CCCCC1)N1CCS(=O)(=O)C(C)(C)C1. The number of nitrogens with one attached hydrogen (secondary N) is 1. The highest BCUT2D eigenvalue weighted by molar-refractivity contribution is 7.92. The molecule has 0 aromatic carbocycles. The van der Waals surface area contributed by atoms with Crippen LogP contribution in [-0.2, 0) is 9.84 Å². The molecule has 2 rings (SSSR count). The average Bonchev–Trinajstić information content (AvgIpc) is 2.60. The van der Waals surface area contributed by atoms with E-state index in [4.69, 9.17) is 4.99 Å². The van der Waals surface area contributed by atoms with E-state index in [1.54, 1.807) is 0 Å². The first kappa shape index (κ1) is 21.5. The first-order chi connectivity index (χ1) is 12.4. The van der Waals surface area contributed by atoms with E-state index < -0.39 is 14.6 Å². The van der Waals surface area contributed by atoms with Gasteiger partial charge in [0, 0.05) is 26.2 Å². The van der Waals surface area contributed by atoms with Crippen LogP contribution in [0.25, 0.3) is 0 Å². The van der Waals surface area contributed by atoms with Crippen molar-refractivity contribution in [1.29, 1.82) is 0 Å². The molecule has 0 unspecified atom stereocenters. The lowest BCUT2D eigenvalue weighted by atomic mass is 10.1. The van der Waals surface area contributed by atoms with E-state index in [9.17, 15) is 8.42 Å². The molecule has 26 heavy (non-hydrogen) atoms. The van der Waals surface area contributed by atoms with Crippen LogP contribution >= 0.6 is 0 Å². The normalized spacial score (nSPS) is 23.8. The Bertz CT molecular complexity index is 554. The van der Waals surface area contributed by atoms with Crippen molar-refractivity contribution < 1.29 is 8.42 Å². The van der Waals surface area contributed by atoms with Gasteiger partial charge in [0.1, 0.15) is 0 Å². The van der Waals surface area contributed by atoms with Gasteiger partial charge in [0.15, 0.2) is 15.8 Å². The van der Waals surface area contributed by atoms with Crippen LogP contribution in [0.15, 0.2) is 4.99 Å². The molecule has 0 bridgehead atoms. The Kier molecular flexibility index (Phi) is 8.20. The molecule has 6 nitrogen and oxygen atoms in total. The van der Waals surface area contributed by atoms with E-state index in [2.05, 4.69) is 22.0 Å². The third-order valence-electron chi connectivity index (χ3n) is 5.52. The molecule has 0 spiro atoms. The van der Waals surface area contributed by atoms with Crippen molar-refractivity contribution >= 4 is 15.8 Å². The molecule has 152 valence electrons. The van der Waals surface area contributed by atoms with Crippen LogP contribution in [0.5, 0.6) is 0 Å². The van der Waals surface area contributed by atoms with Gasteiger partial charge in [0.2, 0.25) is 0 Å². The van der Waals surface area contributed by atoms with Gasteiger partial charge in [-0.1, -0.05) is 12.8 Å². The summed E-state index contributed by atoms with van der Waals surface area (Å²) in [5.74, 6) is 1.08. The van der Waals surface area contributed by atoms with Crippen LogP contribution in [-0.4, -0.2) is 80.5 Å². The summed E-state index contributed by atoms with van der Waals surface area (Å²) in [5.41, 5.74) is 0. The van der Waals surface area contributed by atoms with Crippen molar-refractivity contribution in [2.24, 2.45) is 4.99 Å². The van der Waals surface area contributed by atoms with Crippen molar-refractivity contribution in [1.82, 2.24) is 15.1 Å². The Morgan fingerprint density at radius 3 is 2.46 bits per heavy atom. The standard InChI is InChI=1S/C19H38N4O2S/c1-4-20-18(23-15-16-26(24,25)19(2,3)17-23)21-11-7-5-8-12-22-13-9-6-10-14-22/h4-17H2,1-3H3,(H,20,21). The lowest BCUT2D eigenvalue weighted by Gasteiger charge is -2.39. The summed E-state index contributed by atoms with van der Waals surface area (Å²) < 4.78 is 23.7. The number of likely N-dealkylation sites (tertiary alicyclic amines) is 1. The summed E-state index contributed by atoms with van der Waals surface area (Å²) in [6, 6.07) is 0. The van der Waals surface area contributed by atoms with Gasteiger partial charge in [-0.2, -0.15) is 0 Å². The second kappa shape index (κ2) is 9.93. The average molecular weight is 387 g/mol. The number of piperidine rings is 1. The number of aliphatic imine (C=N–C) groups is 1. The van der Waals surface area contributed by atoms with Crippen molar-refractivity contribution in [2.75, 3.05) is 51.6 Å². The third kappa shape index (κ3) is 6.12. The summed E-state index contributed by atoms with van der Waals surface area (Å²) in [6.45, 7) is 12.1. The number of guanidine groups is 1. The molecule has 0 aromatic heterocycles. The minimum Gasteiger partial charge on any atom is -0.357 e. The molecular weight excluding hydrogens is 348 g/mol. The van der Waals surface area contributed by atoms with Crippen LogP contribution in [0, 0.1) is 0 Å². The van der Waals surface area contributed by atoms with Crippen molar-refractivity contribution in [2.45, 2.75) is 64.0 Å². The second-order valence-corrected chi connectivity index (χ2v) is 10.9. The number of rotatable bonds is 7. The molecule has 2 aliphatic heterocycles. The predicted octanol–water partition coefficient (Wildman–Crippen LogP) is 2.12. The van der Waals surface area contributed by atoms with Gasteiger partial charge < -0.3 is 15.1 Å². The number of sulfone groups is 1. The summed E-state index contributed by atoms with van der Waals surface area (Å²) >= 11 is 0. The second-order valence-electron chi connectivity index (χ2n) is 8.20. The molecule has 0 aromatic rings. The highest BCUT2D eigenvalue weighted by Crippen LogP contribution is 2.23. The molecule has 0 saturated carbocycles. The molecule has 0 aliphatic carbocycles. The molecule has 0 amide bonds. The molecule has 0 atom stereocenters. The lowest BCUT2D eigenvalue weighted by molar-refractivity contribution is 0.224. The lowest BCUT2D eigenvalue weighted by Crippen LogP contribution is -2.57. The van der Waals surface area contributed by atoms with E-state index in [0.29, 0.717) is 13.1 Å². The first-order valence-corrected chi connectivity index (χ1v) is 12.0. The minimum absolute atomic E-state index is 0.209.